The van der Waals surface area contributed by atoms with Crippen LogP contribution in [0.4, 0.5) is 0 Å². The van der Waals surface area contributed by atoms with E-state index < -0.39 is 11.9 Å². The number of nitriles is 1. The average molecular weight is 493 g/mol. The number of esters is 1. The highest BCUT2D eigenvalue weighted by Crippen LogP contribution is 2.47. The molecule has 0 saturated carbocycles. The zero-order chi connectivity index (χ0) is 25.1. The SMILES string of the molecule is COc1cc(C2C(C#N)=C(N)Oc3cc(OC(=O)c4ccc(Cl)cc4)ccc32)cc(OC)c1OC. The van der Waals surface area contributed by atoms with Crippen molar-refractivity contribution >= 4 is 17.6 Å². The number of ether oxygens (including phenoxy) is 5. The first-order valence-corrected chi connectivity index (χ1v) is 10.8. The minimum Gasteiger partial charge on any atom is -0.493 e. The number of nitrogens with zero attached hydrogens (tertiary/aromatic N) is 1. The number of halogens is 1. The lowest BCUT2D eigenvalue weighted by Gasteiger charge is -2.27. The van der Waals surface area contributed by atoms with Crippen LogP contribution in [0.5, 0.6) is 28.7 Å². The van der Waals surface area contributed by atoms with Crippen LogP contribution in [0.3, 0.4) is 0 Å². The van der Waals surface area contributed by atoms with Crippen molar-refractivity contribution in [1.82, 2.24) is 0 Å². The summed E-state index contributed by atoms with van der Waals surface area (Å²) in [4.78, 5) is 12.5. The van der Waals surface area contributed by atoms with Crippen molar-refractivity contribution in [2.75, 3.05) is 21.3 Å². The molecule has 0 aromatic heterocycles. The van der Waals surface area contributed by atoms with Crippen LogP contribution in [-0.4, -0.2) is 27.3 Å². The molecule has 8 nitrogen and oxygen atoms in total. The third kappa shape index (κ3) is 4.54. The molecule has 1 unspecified atom stereocenters. The Kier molecular flexibility index (Phi) is 6.71. The standard InChI is InChI=1S/C26H21ClN2O6/c1-31-21-10-15(11-22(32-2)24(21)33-3)23-18-9-8-17(12-20(18)35-25(29)19(23)13-28)34-26(30)14-4-6-16(27)7-5-14/h4-12,23H,29H2,1-3H3. The van der Waals surface area contributed by atoms with E-state index in [9.17, 15) is 10.1 Å². The summed E-state index contributed by atoms with van der Waals surface area (Å²) < 4.78 is 27.6. The second-order valence-corrected chi connectivity index (χ2v) is 7.92. The van der Waals surface area contributed by atoms with E-state index in [-0.39, 0.29) is 17.2 Å². The van der Waals surface area contributed by atoms with Gasteiger partial charge in [0, 0.05) is 16.7 Å². The lowest BCUT2D eigenvalue weighted by Crippen LogP contribution is -2.21. The number of carbonyl (C=O) groups excluding carboxylic acids is 1. The lowest BCUT2D eigenvalue weighted by atomic mass is 9.83. The minimum absolute atomic E-state index is 0.0556. The number of fused-ring (bicyclic) bond motifs is 1. The molecule has 0 amide bonds. The number of carbonyl (C=O) groups is 1. The summed E-state index contributed by atoms with van der Waals surface area (Å²) in [7, 11) is 4.53. The average Bonchev–Trinajstić information content (AvgIpc) is 2.87. The van der Waals surface area contributed by atoms with Gasteiger partial charge in [0.25, 0.3) is 0 Å². The highest BCUT2D eigenvalue weighted by Gasteiger charge is 2.32. The summed E-state index contributed by atoms with van der Waals surface area (Å²) in [6.07, 6.45) is 0. The van der Waals surface area contributed by atoms with Gasteiger partial charge in [-0.15, -0.1) is 0 Å². The van der Waals surface area contributed by atoms with Crippen molar-refractivity contribution in [3.8, 4) is 34.8 Å². The number of allylic oxidation sites excluding steroid dienone is 1. The van der Waals surface area contributed by atoms with Crippen LogP contribution in [0.1, 0.15) is 27.4 Å². The van der Waals surface area contributed by atoms with E-state index in [1.807, 2.05) is 0 Å². The zero-order valence-corrected chi connectivity index (χ0v) is 19.9. The van der Waals surface area contributed by atoms with Crippen LogP contribution in [0.25, 0.3) is 0 Å². The molecule has 35 heavy (non-hydrogen) atoms. The molecule has 178 valence electrons. The van der Waals surface area contributed by atoms with Crippen molar-refractivity contribution in [2.45, 2.75) is 5.92 Å². The summed E-state index contributed by atoms with van der Waals surface area (Å²) >= 11 is 5.88. The number of rotatable bonds is 6. The summed E-state index contributed by atoms with van der Waals surface area (Å²) in [5.41, 5.74) is 8.00. The maximum atomic E-state index is 12.5. The molecule has 0 saturated heterocycles. The summed E-state index contributed by atoms with van der Waals surface area (Å²) in [5.74, 6) is 0.685. The third-order valence-electron chi connectivity index (χ3n) is 5.50. The summed E-state index contributed by atoms with van der Waals surface area (Å²) in [6, 6.07) is 16.9. The summed E-state index contributed by atoms with van der Waals surface area (Å²) in [5, 5.41) is 10.4. The van der Waals surface area contributed by atoms with E-state index in [4.69, 9.17) is 41.0 Å². The second kappa shape index (κ2) is 9.87. The van der Waals surface area contributed by atoms with Crippen molar-refractivity contribution in [2.24, 2.45) is 5.73 Å². The van der Waals surface area contributed by atoms with Gasteiger partial charge >= 0.3 is 5.97 Å². The molecule has 1 aliphatic rings. The van der Waals surface area contributed by atoms with Crippen molar-refractivity contribution < 1.29 is 28.5 Å². The maximum absolute atomic E-state index is 12.5. The Hall–Kier alpha value is -4.35. The molecule has 1 heterocycles. The van der Waals surface area contributed by atoms with Gasteiger partial charge in [0.2, 0.25) is 11.6 Å². The molecule has 9 heteroatoms. The Bertz CT molecular complexity index is 1340. The molecule has 1 aliphatic heterocycles. The van der Waals surface area contributed by atoms with Crippen molar-refractivity contribution in [3.05, 3.63) is 87.8 Å². The van der Waals surface area contributed by atoms with E-state index in [2.05, 4.69) is 6.07 Å². The molecule has 0 spiro atoms. The number of hydrogen-bond acceptors (Lipinski definition) is 8. The quantitative estimate of drug-likeness (QED) is 0.385. The molecule has 1 atom stereocenters. The van der Waals surface area contributed by atoms with Gasteiger partial charge in [0.1, 0.15) is 23.1 Å². The van der Waals surface area contributed by atoms with E-state index in [0.717, 1.165) is 0 Å². The Balaban J connectivity index is 1.75. The Morgan fingerprint density at radius 1 is 1.00 bits per heavy atom. The van der Waals surface area contributed by atoms with Gasteiger partial charge in [-0.3, -0.25) is 0 Å². The normalized spacial score (nSPS) is 14.3. The van der Waals surface area contributed by atoms with E-state index in [1.165, 1.54) is 21.3 Å². The zero-order valence-electron chi connectivity index (χ0n) is 19.1. The first-order valence-electron chi connectivity index (χ1n) is 10.4. The van der Waals surface area contributed by atoms with Gasteiger partial charge in [0.15, 0.2) is 11.5 Å². The Labute approximate surface area is 207 Å². The van der Waals surface area contributed by atoms with Gasteiger partial charge in [-0.25, -0.2) is 4.79 Å². The molecule has 3 aromatic rings. The van der Waals surface area contributed by atoms with Gasteiger partial charge < -0.3 is 29.4 Å². The number of methoxy groups -OCH3 is 3. The molecule has 0 aliphatic carbocycles. The van der Waals surface area contributed by atoms with Gasteiger partial charge in [0.05, 0.1) is 32.8 Å². The van der Waals surface area contributed by atoms with E-state index in [0.29, 0.717) is 44.7 Å². The Morgan fingerprint density at radius 3 is 2.23 bits per heavy atom. The first-order chi connectivity index (χ1) is 16.9. The van der Waals surface area contributed by atoms with Crippen LogP contribution in [0.2, 0.25) is 5.02 Å². The fourth-order valence-corrected chi connectivity index (χ4v) is 3.99. The van der Waals surface area contributed by atoms with E-state index in [1.54, 1.807) is 54.6 Å². The van der Waals surface area contributed by atoms with Crippen LogP contribution >= 0.6 is 11.6 Å². The Morgan fingerprint density at radius 2 is 1.66 bits per heavy atom. The minimum atomic E-state index is -0.585. The fraction of sp³-hybridized carbons (Fsp3) is 0.154. The maximum Gasteiger partial charge on any atom is 0.343 e. The third-order valence-corrected chi connectivity index (χ3v) is 5.75. The first kappa shape index (κ1) is 23.8. The number of nitrogens with two attached hydrogens (primary N) is 1. The second-order valence-electron chi connectivity index (χ2n) is 7.48. The predicted octanol–water partition coefficient (Wildman–Crippen LogP) is 4.80. The predicted molar refractivity (Wildman–Crippen MR) is 128 cm³/mol. The van der Waals surface area contributed by atoms with Gasteiger partial charge in [-0.05, 0) is 48.0 Å². The van der Waals surface area contributed by atoms with Crippen LogP contribution in [0.15, 0.2) is 66.1 Å². The van der Waals surface area contributed by atoms with Crippen LogP contribution in [-0.2, 0) is 0 Å². The number of hydrogen-bond donors (Lipinski definition) is 1. The molecule has 0 fully saturated rings. The van der Waals surface area contributed by atoms with Gasteiger partial charge in [-0.2, -0.15) is 5.26 Å². The highest BCUT2D eigenvalue weighted by atomic mass is 35.5. The fourth-order valence-electron chi connectivity index (χ4n) is 3.86. The smallest absolute Gasteiger partial charge is 0.343 e. The van der Waals surface area contributed by atoms with Crippen LogP contribution < -0.4 is 29.4 Å². The molecule has 3 aromatic carbocycles. The topological polar surface area (TPSA) is 113 Å². The molecule has 0 bridgehead atoms. The largest absolute Gasteiger partial charge is 0.493 e. The molecular weight excluding hydrogens is 472 g/mol. The van der Waals surface area contributed by atoms with E-state index >= 15 is 0 Å². The molecule has 4 rings (SSSR count). The monoisotopic (exact) mass is 492 g/mol. The van der Waals surface area contributed by atoms with Crippen LogP contribution in [0, 0.1) is 11.3 Å². The number of benzene rings is 3. The highest BCUT2D eigenvalue weighted by molar-refractivity contribution is 6.30. The molecule has 2 N–H and O–H groups in total. The molecular formula is C26H21ClN2O6. The van der Waals surface area contributed by atoms with Gasteiger partial charge in [-0.1, -0.05) is 17.7 Å². The summed E-state index contributed by atoms with van der Waals surface area (Å²) in [6.45, 7) is 0. The lowest BCUT2D eigenvalue weighted by molar-refractivity contribution is 0.0734. The molecule has 0 radical (unpaired) electrons. The van der Waals surface area contributed by atoms with Crippen molar-refractivity contribution in [3.63, 3.8) is 0 Å². The van der Waals surface area contributed by atoms with Crippen molar-refractivity contribution in [1.29, 1.82) is 5.26 Å².